The average Bonchev–Trinajstić information content (AvgIpc) is 3.12. The number of sulfonamides is 1. The van der Waals surface area contributed by atoms with E-state index in [0.717, 1.165) is 46.3 Å². The van der Waals surface area contributed by atoms with E-state index in [1.165, 1.54) is 0 Å². The maximum absolute atomic E-state index is 13.4. The lowest BCUT2D eigenvalue weighted by molar-refractivity contribution is 0.0611. The molecule has 0 aliphatic carbocycles. The van der Waals surface area contributed by atoms with Gasteiger partial charge in [0.25, 0.3) is 5.91 Å². The Balaban J connectivity index is 1.66. The molecule has 1 aliphatic rings. The van der Waals surface area contributed by atoms with Gasteiger partial charge in [0.05, 0.1) is 28.2 Å². The predicted octanol–water partition coefficient (Wildman–Crippen LogP) is 4.34. The summed E-state index contributed by atoms with van der Waals surface area (Å²) in [5.74, 6) is -0.0921. The summed E-state index contributed by atoms with van der Waals surface area (Å²) in [5.41, 5.74) is 2.65. The molecule has 1 unspecified atom stereocenters. The molecule has 8 heteroatoms. The lowest BCUT2D eigenvalue weighted by atomic mass is 10.0. The van der Waals surface area contributed by atoms with Crippen molar-refractivity contribution in [1.29, 1.82) is 0 Å². The normalized spacial score (nSPS) is 17.4. The fraction of sp³-hybridized carbons (Fsp3) is 0.333. The number of amides is 1. The topological polar surface area (TPSA) is 79.4 Å². The van der Waals surface area contributed by atoms with Gasteiger partial charge in [-0.25, -0.2) is 13.4 Å². The number of para-hydroxylation sites is 1. The molecule has 6 nitrogen and oxygen atoms in total. The zero-order valence-corrected chi connectivity index (χ0v) is 18.0. The molecule has 1 fully saturated rings. The monoisotopic (exact) mass is 429 g/mol. The molecule has 1 amide bonds. The first-order valence-electron chi connectivity index (χ1n) is 9.57. The number of fused-ring (bicyclic) bond motifs is 1. The highest BCUT2D eigenvalue weighted by molar-refractivity contribution is 7.92. The molecule has 0 spiro atoms. The van der Waals surface area contributed by atoms with Crippen molar-refractivity contribution in [3.8, 4) is 0 Å². The second-order valence-corrected chi connectivity index (χ2v) is 10.2. The minimum atomic E-state index is -3.42. The largest absolute Gasteiger partial charge is 0.329 e. The van der Waals surface area contributed by atoms with Gasteiger partial charge in [-0.3, -0.25) is 9.52 Å². The number of likely N-dealkylation sites (tertiary alicyclic amines) is 1. The number of aryl methyl sites for hydroxylation is 1. The summed E-state index contributed by atoms with van der Waals surface area (Å²) >= 11 is 1.64. The first-order chi connectivity index (χ1) is 13.8. The van der Waals surface area contributed by atoms with E-state index in [1.54, 1.807) is 29.5 Å². The Labute approximate surface area is 174 Å². The number of carbonyl (C=O) groups excluding carboxylic acids is 1. The number of anilines is 1. The van der Waals surface area contributed by atoms with E-state index < -0.39 is 10.0 Å². The Hall–Kier alpha value is -2.45. The van der Waals surface area contributed by atoms with Gasteiger partial charge in [-0.15, -0.1) is 11.3 Å². The molecule has 1 atom stereocenters. The second kappa shape index (κ2) is 7.76. The van der Waals surface area contributed by atoms with Gasteiger partial charge in [0.1, 0.15) is 5.01 Å². The van der Waals surface area contributed by atoms with Crippen LogP contribution in [0.25, 0.3) is 10.2 Å². The molecular weight excluding hydrogens is 406 g/mol. The Morgan fingerprint density at radius 2 is 2.00 bits per heavy atom. The first kappa shape index (κ1) is 19.8. The zero-order valence-electron chi connectivity index (χ0n) is 16.4. The maximum Gasteiger partial charge on any atom is 0.254 e. The van der Waals surface area contributed by atoms with Gasteiger partial charge >= 0.3 is 0 Å². The number of hydrogen-bond donors (Lipinski definition) is 1. The molecule has 1 saturated heterocycles. The molecular formula is C21H23N3O3S2. The number of rotatable bonds is 4. The van der Waals surface area contributed by atoms with Crippen LogP contribution in [-0.4, -0.2) is 37.0 Å². The summed E-state index contributed by atoms with van der Waals surface area (Å²) in [6, 6.07) is 13.1. The standard InChI is InChI=1S/C21H23N3O3S2/c1-14-10-11-15(13-17(14)23-29(2,26)27)21(25)24-12-6-5-8-18(24)20-22-16-7-3-4-9-19(16)28-20/h3-4,7,9-11,13,18,23H,5-6,8,12H2,1-2H3. The molecule has 0 radical (unpaired) electrons. The molecule has 2 heterocycles. The van der Waals surface area contributed by atoms with Crippen LogP contribution in [0.5, 0.6) is 0 Å². The van der Waals surface area contributed by atoms with Crippen molar-refractivity contribution in [1.82, 2.24) is 9.88 Å². The van der Waals surface area contributed by atoms with Gasteiger partial charge in [0, 0.05) is 12.1 Å². The van der Waals surface area contributed by atoms with Crippen LogP contribution in [0.1, 0.15) is 46.2 Å². The van der Waals surface area contributed by atoms with Crippen LogP contribution in [0.3, 0.4) is 0 Å². The molecule has 3 aromatic rings. The van der Waals surface area contributed by atoms with E-state index in [4.69, 9.17) is 4.98 Å². The third-order valence-corrected chi connectivity index (χ3v) is 6.87. The van der Waals surface area contributed by atoms with Crippen LogP contribution in [-0.2, 0) is 10.0 Å². The number of carbonyl (C=O) groups is 1. The van der Waals surface area contributed by atoms with E-state index >= 15 is 0 Å². The Morgan fingerprint density at radius 1 is 1.21 bits per heavy atom. The van der Waals surface area contributed by atoms with Gasteiger partial charge in [-0.1, -0.05) is 18.2 Å². The number of thiazole rings is 1. The number of hydrogen-bond acceptors (Lipinski definition) is 5. The minimum absolute atomic E-state index is 0.0544. The fourth-order valence-electron chi connectivity index (χ4n) is 3.69. The van der Waals surface area contributed by atoms with Gasteiger partial charge in [0.2, 0.25) is 10.0 Å². The SMILES string of the molecule is Cc1ccc(C(=O)N2CCCCC2c2nc3ccccc3s2)cc1NS(C)(=O)=O. The van der Waals surface area contributed by atoms with Crippen molar-refractivity contribution in [2.75, 3.05) is 17.5 Å². The number of nitrogens with one attached hydrogen (secondary N) is 1. The Bertz CT molecular complexity index is 1140. The third kappa shape index (κ3) is 4.28. The summed E-state index contributed by atoms with van der Waals surface area (Å²) in [4.78, 5) is 20.0. The molecule has 1 N–H and O–H groups in total. The molecule has 0 bridgehead atoms. The van der Waals surface area contributed by atoms with E-state index in [9.17, 15) is 13.2 Å². The summed E-state index contributed by atoms with van der Waals surface area (Å²) in [6.07, 6.45) is 3.99. The van der Waals surface area contributed by atoms with E-state index in [1.807, 2.05) is 30.0 Å². The molecule has 1 aliphatic heterocycles. The van der Waals surface area contributed by atoms with E-state index in [0.29, 0.717) is 17.8 Å². The van der Waals surface area contributed by atoms with Crippen LogP contribution in [0, 0.1) is 6.92 Å². The van der Waals surface area contributed by atoms with E-state index in [2.05, 4.69) is 10.8 Å². The van der Waals surface area contributed by atoms with Crippen LogP contribution < -0.4 is 4.72 Å². The molecule has 152 valence electrons. The van der Waals surface area contributed by atoms with Crippen molar-refractivity contribution in [3.63, 3.8) is 0 Å². The molecule has 4 rings (SSSR count). The quantitative estimate of drug-likeness (QED) is 0.669. The second-order valence-electron chi connectivity index (χ2n) is 7.43. The molecule has 0 saturated carbocycles. The summed E-state index contributed by atoms with van der Waals surface area (Å²) < 4.78 is 26.9. The van der Waals surface area contributed by atoms with Crippen molar-refractivity contribution in [2.45, 2.75) is 32.2 Å². The van der Waals surface area contributed by atoms with Crippen LogP contribution >= 0.6 is 11.3 Å². The Morgan fingerprint density at radius 3 is 2.76 bits per heavy atom. The van der Waals surface area contributed by atoms with Gasteiger partial charge in [-0.2, -0.15) is 0 Å². The third-order valence-electron chi connectivity index (χ3n) is 5.14. The number of nitrogens with zero attached hydrogens (tertiary/aromatic N) is 2. The van der Waals surface area contributed by atoms with Gasteiger partial charge < -0.3 is 4.90 Å². The highest BCUT2D eigenvalue weighted by Gasteiger charge is 2.31. The number of aromatic nitrogens is 1. The fourth-order valence-corrected chi connectivity index (χ4v) is 5.43. The zero-order chi connectivity index (χ0) is 20.6. The van der Waals surface area contributed by atoms with Crippen LogP contribution in [0.15, 0.2) is 42.5 Å². The van der Waals surface area contributed by atoms with Crippen LogP contribution in [0.4, 0.5) is 5.69 Å². The maximum atomic E-state index is 13.4. The van der Waals surface area contributed by atoms with Crippen molar-refractivity contribution < 1.29 is 13.2 Å². The highest BCUT2D eigenvalue weighted by Crippen LogP contribution is 2.36. The Kier molecular flexibility index (Phi) is 5.31. The summed E-state index contributed by atoms with van der Waals surface area (Å²) in [7, 11) is -3.42. The van der Waals surface area contributed by atoms with Crippen LogP contribution in [0.2, 0.25) is 0 Å². The predicted molar refractivity (Wildman–Crippen MR) is 117 cm³/mol. The van der Waals surface area contributed by atoms with Gasteiger partial charge in [-0.05, 0) is 56.0 Å². The first-order valence-corrected chi connectivity index (χ1v) is 12.3. The number of benzene rings is 2. The lowest BCUT2D eigenvalue weighted by Crippen LogP contribution is -2.38. The smallest absolute Gasteiger partial charge is 0.254 e. The molecule has 1 aromatic heterocycles. The van der Waals surface area contributed by atoms with Gasteiger partial charge in [0.15, 0.2) is 0 Å². The molecule has 29 heavy (non-hydrogen) atoms. The lowest BCUT2D eigenvalue weighted by Gasteiger charge is -2.34. The average molecular weight is 430 g/mol. The van der Waals surface area contributed by atoms with E-state index in [-0.39, 0.29) is 11.9 Å². The minimum Gasteiger partial charge on any atom is -0.329 e. The number of piperidine rings is 1. The van der Waals surface area contributed by atoms with Crippen molar-refractivity contribution in [2.24, 2.45) is 0 Å². The molecule has 2 aromatic carbocycles. The summed E-state index contributed by atoms with van der Waals surface area (Å²) in [5, 5.41) is 0.959. The highest BCUT2D eigenvalue weighted by atomic mass is 32.2. The summed E-state index contributed by atoms with van der Waals surface area (Å²) in [6.45, 7) is 2.48. The van der Waals surface area contributed by atoms with Crippen molar-refractivity contribution >= 4 is 43.2 Å². The van der Waals surface area contributed by atoms with Crippen molar-refractivity contribution in [3.05, 3.63) is 58.6 Å².